The fraction of sp³-hybridized carbons (Fsp3) is 0.938. The van der Waals surface area contributed by atoms with E-state index in [1.807, 2.05) is 34.6 Å². The second kappa shape index (κ2) is 8.59. The van der Waals surface area contributed by atoms with Crippen molar-refractivity contribution in [3.8, 4) is 0 Å². The molecule has 0 aromatic carbocycles. The molecule has 1 atom stereocenters. The summed E-state index contributed by atoms with van der Waals surface area (Å²) in [5.74, 6) is 0.604. The van der Waals surface area contributed by atoms with Crippen LogP contribution >= 0.6 is 0 Å². The Hall–Kier alpha value is -0.810. The molecule has 5 heteroatoms. The largest absolute Gasteiger partial charge is 0.444 e. The molecular weight excluding hydrogens is 268 g/mol. The molecule has 0 bridgehead atoms. The topological polar surface area (TPSA) is 50.8 Å². The summed E-state index contributed by atoms with van der Waals surface area (Å²) in [6.45, 7) is 13.9. The maximum Gasteiger partial charge on any atom is 0.410 e. The van der Waals surface area contributed by atoms with Gasteiger partial charge in [-0.2, -0.15) is 0 Å². The van der Waals surface area contributed by atoms with Gasteiger partial charge in [0.2, 0.25) is 0 Å². The van der Waals surface area contributed by atoms with Crippen LogP contribution in [-0.4, -0.2) is 55.5 Å². The number of hydrogen-bond donors (Lipinski definition) is 1. The molecule has 124 valence electrons. The van der Waals surface area contributed by atoms with Crippen molar-refractivity contribution in [2.75, 3.05) is 32.8 Å². The minimum Gasteiger partial charge on any atom is -0.444 e. The van der Waals surface area contributed by atoms with Crippen molar-refractivity contribution >= 4 is 6.09 Å². The average Bonchev–Trinajstić information content (AvgIpc) is 2.37. The highest BCUT2D eigenvalue weighted by molar-refractivity contribution is 5.68. The first-order valence-electron chi connectivity index (χ1n) is 8.07. The van der Waals surface area contributed by atoms with Crippen LogP contribution in [0.2, 0.25) is 0 Å². The van der Waals surface area contributed by atoms with Gasteiger partial charge in [0.05, 0.1) is 6.61 Å². The van der Waals surface area contributed by atoms with Crippen molar-refractivity contribution < 1.29 is 14.3 Å². The first kappa shape index (κ1) is 18.2. The van der Waals surface area contributed by atoms with Gasteiger partial charge in [-0.15, -0.1) is 0 Å². The van der Waals surface area contributed by atoms with Gasteiger partial charge in [0.1, 0.15) is 5.60 Å². The predicted molar refractivity (Wildman–Crippen MR) is 84.5 cm³/mol. The van der Waals surface area contributed by atoms with E-state index in [0.717, 1.165) is 32.7 Å². The Morgan fingerprint density at radius 3 is 2.67 bits per heavy atom. The van der Waals surface area contributed by atoms with E-state index in [1.54, 1.807) is 4.90 Å². The van der Waals surface area contributed by atoms with Gasteiger partial charge in [-0.05, 0) is 53.4 Å². The lowest BCUT2D eigenvalue weighted by Crippen LogP contribution is -2.44. The molecule has 1 saturated heterocycles. The van der Waals surface area contributed by atoms with Gasteiger partial charge < -0.3 is 19.7 Å². The Balaban J connectivity index is 2.28. The Kier molecular flexibility index (Phi) is 7.46. The number of amides is 1. The molecule has 1 aliphatic heterocycles. The quantitative estimate of drug-likeness (QED) is 0.766. The van der Waals surface area contributed by atoms with Gasteiger partial charge >= 0.3 is 6.09 Å². The number of carbonyl (C=O) groups is 1. The number of ether oxygens (including phenoxy) is 2. The average molecular weight is 300 g/mol. The van der Waals surface area contributed by atoms with E-state index in [-0.39, 0.29) is 12.1 Å². The molecule has 0 radical (unpaired) electrons. The summed E-state index contributed by atoms with van der Waals surface area (Å²) >= 11 is 0. The molecule has 1 heterocycles. The van der Waals surface area contributed by atoms with Crippen molar-refractivity contribution in [3.63, 3.8) is 0 Å². The zero-order chi connectivity index (χ0) is 15.9. The third-order valence-corrected chi connectivity index (χ3v) is 3.47. The third kappa shape index (κ3) is 7.67. The number of nitrogens with zero attached hydrogens (tertiary/aromatic N) is 1. The van der Waals surface area contributed by atoms with Crippen LogP contribution in [0, 0.1) is 5.92 Å². The van der Waals surface area contributed by atoms with E-state index in [4.69, 9.17) is 9.47 Å². The van der Waals surface area contributed by atoms with Gasteiger partial charge in [-0.3, -0.25) is 0 Å². The van der Waals surface area contributed by atoms with E-state index in [9.17, 15) is 4.79 Å². The zero-order valence-corrected chi connectivity index (χ0v) is 14.3. The lowest BCUT2D eigenvalue weighted by atomic mass is 10.0. The zero-order valence-electron chi connectivity index (χ0n) is 14.3. The van der Waals surface area contributed by atoms with E-state index in [2.05, 4.69) is 5.32 Å². The SMILES string of the molecule is CC(C)N(CCNCC1CCCOC1)C(=O)OC(C)(C)C. The first-order valence-corrected chi connectivity index (χ1v) is 8.07. The highest BCUT2D eigenvalue weighted by Gasteiger charge is 2.23. The van der Waals surface area contributed by atoms with Crippen molar-refractivity contribution in [3.05, 3.63) is 0 Å². The summed E-state index contributed by atoms with van der Waals surface area (Å²) < 4.78 is 10.9. The second-order valence-electron chi connectivity index (χ2n) is 7.05. The van der Waals surface area contributed by atoms with Gasteiger partial charge in [-0.25, -0.2) is 4.79 Å². The van der Waals surface area contributed by atoms with Crippen LogP contribution in [0.5, 0.6) is 0 Å². The molecule has 1 unspecified atom stereocenters. The fourth-order valence-corrected chi connectivity index (χ4v) is 2.35. The van der Waals surface area contributed by atoms with Crippen LogP contribution in [-0.2, 0) is 9.47 Å². The van der Waals surface area contributed by atoms with E-state index >= 15 is 0 Å². The minimum atomic E-state index is -0.447. The maximum atomic E-state index is 12.2. The summed E-state index contributed by atoms with van der Waals surface area (Å²) in [5, 5.41) is 3.43. The first-order chi connectivity index (χ1) is 9.79. The van der Waals surface area contributed by atoms with Gasteiger partial charge in [0.15, 0.2) is 0 Å². The van der Waals surface area contributed by atoms with Crippen molar-refractivity contribution in [1.82, 2.24) is 10.2 Å². The Bertz CT molecular complexity index is 307. The Morgan fingerprint density at radius 1 is 1.43 bits per heavy atom. The summed E-state index contributed by atoms with van der Waals surface area (Å²) in [4.78, 5) is 13.9. The molecule has 0 aromatic rings. The van der Waals surface area contributed by atoms with Crippen LogP contribution in [0.25, 0.3) is 0 Å². The van der Waals surface area contributed by atoms with Crippen molar-refractivity contribution in [2.24, 2.45) is 5.92 Å². The highest BCUT2D eigenvalue weighted by atomic mass is 16.6. The third-order valence-electron chi connectivity index (χ3n) is 3.47. The normalized spacial score (nSPS) is 19.6. The number of rotatable bonds is 6. The minimum absolute atomic E-state index is 0.139. The van der Waals surface area contributed by atoms with Crippen LogP contribution in [0.15, 0.2) is 0 Å². The predicted octanol–water partition coefficient (Wildman–Crippen LogP) is 2.65. The highest BCUT2D eigenvalue weighted by Crippen LogP contribution is 2.13. The standard InChI is InChI=1S/C16H32N2O3/c1-13(2)18(15(19)21-16(3,4)5)9-8-17-11-14-7-6-10-20-12-14/h13-14,17H,6-12H2,1-5H3. The molecule has 0 saturated carbocycles. The molecule has 1 amide bonds. The van der Waals surface area contributed by atoms with Crippen molar-refractivity contribution in [1.29, 1.82) is 0 Å². The van der Waals surface area contributed by atoms with Crippen LogP contribution < -0.4 is 5.32 Å². The van der Waals surface area contributed by atoms with Gasteiger partial charge in [0.25, 0.3) is 0 Å². The summed E-state index contributed by atoms with van der Waals surface area (Å²) in [6, 6.07) is 0.139. The van der Waals surface area contributed by atoms with E-state index in [1.165, 1.54) is 6.42 Å². The molecule has 1 aliphatic rings. The number of hydrogen-bond acceptors (Lipinski definition) is 4. The molecule has 1 fully saturated rings. The molecular formula is C16H32N2O3. The summed E-state index contributed by atoms with van der Waals surface area (Å²) in [5.41, 5.74) is -0.447. The lowest BCUT2D eigenvalue weighted by molar-refractivity contribution is 0.0189. The summed E-state index contributed by atoms with van der Waals surface area (Å²) in [7, 11) is 0. The maximum absolute atomic E-state index is 12.2. The number of carbonyl (C=O) groups excluding carboxylic acids is 1. The lowest BCUT2D eigenvalue weighted by Gasteiger charge is -2.30. The van der Waals surface area contributed by atoms with E-state index in [0.29, 0.717) is 12.5 Å². The second-order valence-corrected chi connectivity index (χ2v) is 7.05. The molecule has 5 nitrogen and oxygen atoms in total. The van der Waals surface area contributed by atoms with Crippen LogP contribution in [0.4, 0.5) is 4.79 Å². The molecule has 0 aromatic heterocycles. The molecule has 0 aliphatic carbocycles. The molecule has 0 spiro atoms. The number of nitrogens with one attached hydrogen (secondary N) is 1. The molecule has 1 N–H and O–H groups in total. The smallest absolute Gasteiger partial charge is 0.410 e. The monoisotopic (exact) mass is 300 g/mol. The van der Waals surface area contributed by atoms with Gasteiger partial charge in [-0.1, -0.05) is 0 Å². The van der Waals surface area contributed by atoms with E-state index < -0.39 is 5.60 Å². The molecule has 21 heavy (non-hydrogen) atoms. The Labute approximate surface area is 129 Å². The molecule has 1 rings (SSSR count). The van der Waals surface area contributed by atoms with Gasteiger partial charge in [0, 0.05) is 32.3 Å². The van der Waals surface area contributed by atoms with Crippen LogP contribution in [0.1, 0.15) is 47.5 Å². The van der Waals surface area contributed by atoms with Crippen molar-refractivity contribution in [2.45, 2.75) is 59.1 Å². The Morgan fingerprint density at radius 2 is 2.14 bits per heavy atom. The fourth-order valence-electron chi connectivity index (χ4n) is 2.35. The van der Waals surface area contributed by atoms with Crippen LogP contribution in [0.3, 0.4) is 0 Å². The summed E-state index contributed by atoms with van der Waals surface area (Å²) in [6.07, 6.45) is 2.15.